The van der Waals surface area contributed by atoms with Crippen molar-refractivity contribution in [2.24, 2.45) is 11.8 Å². The molecule has 1 aliphatic rings. The van der Waals surface area contributed by atoms with Crippen LogP contribution in [0.5, 0.6) is 0 Å². The highest BCUT2D eigenvalue weighted by atomic mass is 16.4. The minimum atomic E-state index is -0.755. The Labute approximate surface area is 141 Å². The van der Waals surface area contributed by atoms with E-state index in [0.717, 1.165) is 23.9 Å². The zero-order valence-corrected chi connectivity index (χ0v) is 14.2. The molecule has 0 saturated carbocycles. The van der Waals surface area contributed by atoms with Crippen LogP contribution in [0.15, 0.2) is 30.3 Å². The molecular formula is C19H24N2O3. The van der Waals surface area contributed by atoms with Crippen molar-refractivity contribution in [2.45, 2.75) is 33.2 Å². The second-order valence-electron chi connectivity index (χ2n) is 6.70. The van der Waals surface area contributed by atoms with Crippen LogP contribution in [0.1, 0.15) is 37.2 Å². The van der Waals surface area contributed by atoms with Gasteiger partial charge in [-0.05, 0) is 30.9 Å². The maximum Gasteiger partial charge on any atom is 0.306 e. The topological polar surface area (TPSA) is 62.5 Å². The summed E-state index contributed by atoms with van der Waals surface area (Å²) in [7, 11) is 0. The minimum Gasteiger partial charge on any atom is -0.481 e. The lowest BCUT2D eigenvalue weighted by molar-refractivity contribution is -0.145. The van der Waals surface area contributed by atoms with Gasteiger partial charge >= 0.3 is 5.97 Å². The third kappa shape index (κ3) is 2.90. The van der Waals surface area contributed by atoms with Crippen molar-refractivity contribution in [2.75, 3.05) is 13.1 Å². The standard InChI is InChI=1S/C19H24N2O3/c1-3-9-21-16-7-5-4-6-14(16)11-17(21)18(22)20-10-8-15(19(23)24)13(2)12-20/h4-7,11,13,15H,3,8-10,12H2,1-2H3,(H,23,24). The molecule has 2 aromatic rings. The van der Waals surface area contributed by atoms with Gasteiger partial charge in [-0.15, -0.1) is 0 Å². The Morgan fingerprint density at radius 2 is 2.04 bits per heavy atom. The lowest BCUT2D eigenvalue weighted by atomic mass is 9.87. The van der Waals surface area contributed by atoms with E-state index in [4.69, 9.17) is 0 Å². The van der Waals surface area contributed by atoms with Crippen LogP contribution in [0.2, 0.25) is 0 Å². The number of carbonyl (C=O) groups excluding carboxylic acids is 1. The van der Waals surface area contributed by atoms with Crippen LogP contribution in [-0.4, -0.2) is 39.5 Å². The molecule has 0 aliphatic carbocycles. The first-order valence-electron chi connectivity index (χ1n) is 8.63. The number of aliphatic carboxylic acids is 1. The van der Waals surface area contributed by atoms with Gasteiger partial charge in [-0.2, -0.15) is 0 Å². The third-order valence-corrected chi connectivity index (χ3v) is 4.99. The first kappa shape index (κ1) is 16.6. The molecular weight excluding hydrogens is 304 g/mol. The maximum atomic E-state index is 13.0. The fourth-order valence-electron chi connectivity index (χ4n) is 3.71. The molecule has 1 N–H and O–H groups in total. The quantitative estimate of drug-likeness (QED) is 0.937. The Hall–Kier alpha value is -2.30. The predicted molar refractivity (Wildman–Crippen MR) is 93.0 cm³/mol. The highest BCUT2D eigenvalue weighted by Crippen LogP contribution is 2.27. The van der Waals surface area contributed by atoms with E-state index in [0.29, 0.717) is 25.2 Å². The maximum absolute atomic E-state index is 13.0. The summed E-state index contributed by atoms with van der Waals surface area (Å²) in [6.07, 6.45) is 1.48. The zero-order chi connectivity index (χ0) is 17.3. The molecule has 2 atom stereocenters. The number of benzene rings is 1. The summed E-state index contributed by atoms with van der Waals surface area (Å²) in [5.74, 6) is -1.12. The summed E-state index contributed by atoms with van der Waals surface area (Å²) in [5, 5.41) is 10.3. The number of carboxylic acids is 1. The Balaban J connectivity index is 1.89. The lowest BCUT2D eigenvalue weighted by Gasteiger charge is -2.35. The van der Waals surface area contributed by atoms with Crippen molar-refractivity contribution in [3.8, 4) is 0 Å². The van der Waals surface area contributed by atoms with Crippen LogP contribution in [0, 0.1) is 11.8 Å². The number of para-hydroxylation sites is 1. The first-order chi connectivity index (χ1) is 11.5. The summed E-state index contributed by atoms with van der Waals surface area (Å²) in [6, 6.07) is 10.00. The Kier molecular flexibility index (Phi) is 4.60. The minimum absolute atomic E-state index is 0.00957. The van der Waals surface area contributed by atoms with Crippen molar-refractivity contribution in [3.05, 3.63) is 36.0 Å². The summed E-state index contributed by atoms with van der Waals surface area (Å²) < 4.78 is 2.09. The number of hydrogen-bond acceptors (Lipinski definition) is 2. The molecule has 1 amide bonds. The van der Waals surface area contributed by atoms with Crippen LogP contribution >= 0.6 is 0 Å². The normalized spacial score (nSPS) is 21.2. The van der Waals surface area contributed by atoms with Gasteiger partial charge in [0.2, 0.25) is 0 Å². The van der Waals surface area contributed by atoms with E-state index in [1.165, 1.54) is 0 Å². The Morgan fingerprint density at radius 1 is 1.29 bits per heavy atom. The second-order valence-corrected chi connectivity index (χ2v) is 6.70. The molecule has 1 aliphatic heterocycles. The molecule has 1 saturated heterocycles. The number of rotatable bonds is 4. The molecule has 5 heteroatoms. The van der Waals surface area contributed by atoms with Crippen LogP contribution in [-0.2, 0) is 11.3 Å². The van der Waals surface area contributed by atoms with Crippen molar-refractivity contribution in [1.82, 2.24) is 9.47 Å². The van der Waals surface area contributed by atoms with Gasteiger partial charge in [-0.3, -0.25) is 9.59 Å². The van der Waals surface area contributed by atoms with Gasteiger partial charge in [0.05, 0.1) is 5.92 Å². The number of nitrogens with zero attached hydrogens (tertiary/aromatic N) is 2. The fraction of sp³-hybridized carbons (Fsp3) is 0.474. The van der Waals surface area contributed by atoms with Crippen molar-refractivity contribution in [3.63, 3.8) is 0 Å². The molecule has 0 radical (unpaired) electrons. The fourth-order valence-corrected chi connectivity index (χ4v) is 3.71. The third-order valence-electron chi connectivity index (χ3n) is 4.99. The number of aromatic nitrogens is 1. The van der Waals surface area contributed by atoms with E-state index in [9.17, 15) is 14.7 Å². The summed E-state index contributed by atoms with van der Waals surface area (Å²) in [4.78, 5) is 26.1. The summed E-state index contributed by atoms with van der Waals surface area (Å²) >= 11 is 0. The number of hydrogen-bond donors (Lipinski definition) is 1. The van der Waals surface area contributed by atoms with Gasteiger partial charge in [0.1, 0.15) is 5.69 Å². The van der Waals surface area contributed by atoms with Crippen molar-refractivity contribution >= 4 is 22.8 Å². The predicted octanol–water partition coefficient (Wildman–Crippen LogP) is 3.23. The molecule has 2 unspecified atom stereocenters. The lowest BCUT2D eigenvalue weighted by Crippen LogP contribution is -2.45. The Morgan fingerprint density at radius 3 is 2.71 bits per heavy atom. The molecule has 1 fully saturated rings. The van der Waals surface area contributed by atoms with E-state index in [1.807, 2.05) is 42.2 Å². The number of likely N-dealkylation sites (tertiary alicyclic amines) is 1. The number of aryl methyl sites for hydroxylation is 1. The van der Waals surface area contributed by atoms with Gasteiger partial charge in [0.25, 0.3) is 5.91 Å². The van der Waals surface area contributed by atoms with E-state index < -0.39 is 5.97 Å². The number of carbonyl (C=O) groups is 2. The van der Waals surface area contributed by atoms with Gasteiger partial charge < -0.3 is 14.6 Å². The molecule has 3 rings (SSSR count). The zero-order valence-electron chi connectivity index (χ0n) is 14.2. The number of fused-ring (bicyclic) bond motifs is 1. The average molecular weight is 328 g/mol. The number of piperidine rings is 1. The van der Waals surface area contributed by atoms with Gasteiger partial charge in [-0.25, -0.2) is 0 Å². The molecule has 0 bridgehead atoms. The van der Waals surface area contributed by atoms with E-state index in [2.05, 4.69) is 11.5 Å². The molecule has 0 spiro atoms. The largest absolute Gasteiger partial charge is 0.481 e. The van der Waals surface area contributed by atoms with Crippen LogP contribution < -0.4 is 0 Å². The molecule has 1 aromatic carbocycles. The van der Waals surface area contributed by atoms with E-state index in [-0.39, 0.29) is 17.7 Å². The molecule has 5 nitrogen and oxygen atoms in total. The summed E-state index contributed by atoms with van der Waals surface area (Å²) in [6.45, 7) is 5.83. The van der Waals surface area contributed by atoms with Gasteiger partial charge in [-0.1, -0.05) is 32.0 Å². The SMILES string of the molecule is CCCn1c(C(=O)N2CCC(C(=O)O)C(C)C2)cc2ccccc21. The van der Waals surface area contributed by atoms with Crippen molar-refractivity contribution < 1.29 is 14.7 Å². The van der Waals surface area contributed by atoms with Gasteiger partial charge in [0, 0.05) is 30.5 Å². The highest BCUT2D eigenvalue weighted by molar-refractivity contribution is 5.99. The van der Waals surface area contributed by atoms with Crippen LogP contribution in [0.3, 0.4) is 0 Å². The van der Waals surface area contributed by atoms with Crippen LogP contribution in [0.4, 0.5) is 0 Å². The van der Waals surface area contributed by atoms with Crippen molar-refractivity contribution in [1.29, 1.82) is 0 Å². The monoisotopic (exact) mass is 328 g/mol. The first-order valence-corrected chi connectivity index (χ1v) is 8.63. The smallest absolute Gasteiger partial charge is 0.306 e. The summed E-state index contributed by atoms with van der Waals surface area (Å²) in [5.41, 5.74) is 1.79. The molecule has 128 valence electrons. The van der Waals surface area contributed by atoms with E-state index >= 15 is 0 Å². The highest BCUT2D eigenvalue weighted by Gasteiger charge is 2.34. The number of amides is 1. The van der Waals surface area contributed by atoms with Crippen LogP contribution in [0.25, 0.3) is 10.9 Å². The van der Waals surface area contributed by atoms with E-state index in [1.54, 1.807) is 0 Å². The molecule has 24 heavy (non-hydrogen) atoms. The molecule has 1 aromatic heterocycles. The Bertz CT molecular complexity index is 765. The second kappa shape index (κ2) is 6.67. The average Bonchev–Trinajstić information content (AvgIpc) is 2.93. The number of carboxylic acid groups (broad SMARTS) is 1. The molecule has 2 heterocycles. The van der Waals surface area contributed by atoms with Gasteiger partial charge in [0.15, 0.2) is 0 Å².